The summed E-state index contributed by atoms with van der Waals surface area (Å²) in [6.07, 6.45) is 1.10. The minimum absolute atomic E-state index is 0.475. The molecule has 3 heteroatoms. The second kappa shape index (κ2) is 9.62. The summed E-state index contributed by atoms with van der Waals surface area (Å²) in [5.41, 5.74) is 9.24. The van der Waals surface area contributed by atoms with E-state index >= 15 is 0 Å². The predicted molar refractivity (Wildman–Crippen MR) is 153 cm³/mol. The van der Waals surface area contributed by atoms with Crippen molar-refractivity contribution in [3.63, 3.8) is 0 Å². The van der Waals surface area contributed by atoms with Crippen molar-refractivity contribution in [2.75, 3.05) is 0 Å². The largest absolute Gasteiger partial charge is 0.319 e. The van der Waals surface area contributed by atoms with Gasteiger partial charge in [-0.25, -0.2) is 4.98 Å². The van der Waals surface area contributed by atoms with Crippen LogP contribution in [0.2, 0.25) is 0 Å². The molecule has 3 aromatic carbocycles. The highest BCUT2D eigenvalue weighted by Gasteiger charge is 2.20. The van der Waals surface area contributed by atoms with E-state index in [1.165, 1.54) is 43.4 Å². The first-order chi connectivity index (χ1) is 16.8. The number of fused-ring (bicyclic) bond motifs is 2. The van der Waals surface area contributed by atoms with E-state index in [-0.39, 0.29) is 0 Å². The van der Waals surface area contributed by atoms with E-state index in [9.17, 15) is 0 Å². The maximum absolute atomic E-state index is 5.21. The molecule has 5 aromatic rings. The highest BCUT2D eigenvalue weighted by atomic mass is 32.1. The summed E-state index contributed by atoms with van der Waals surface area (Å²) in [5.74, 6) is 2.67. The fourth-order valence-corrected chi connectivity index (χ4v) is 6.25. The molecule has 0 bridgehead atoms. The normalized spacial score (nSPS) is 12.1. The van der Waals surface area contributed by atoms with Gasteiger partial charge in [-0.1, -0.05) is 77.9 Å². The molecule has 0 aliphatic heterocycles. The minimum Gasteiger partial charge on any atom is -0.319 e. The van der Waals surface area contributed by atoms with Crippen molar-refractivity contribution in [1.29, 1.82) is 0 Å². The second-order valence-corrected chi connectivity index (χ2v) is 11.7. The van der Waals surface area contributed by atoms with Crippen LogP contribution in [0.25, 0.3) is 32.5 Å². The van der Waals surface area contributed by atoms with E-state index in [1.807, 2.05) is 11.3 Å². The first kappa shape index (κ1) is 23.8. The van der Waals surface area contributed by atoms with Crippen LogP contribution in [0.3, 0.4) is 0 Å². The summed E-state index contributed by atoms with van der Waals surface area (Å²) < 4.78 is 3.79. The smallest absolute Gasteiger partial charge is 0.142 e. The van der Waals surface area contributed by atoms with E-state index in [4.69, 9.17) is 4.98 Å². The molecule has 0 saturated carbocycles. The number of rotatable bonds is 7. The zero-order chi connectivity index (χ0) is 24.7. The number of hydrogen-bond acceptors (Lipinski definition) is 2. The van der Waals surface area contributed by atoms with Gasteiger partial charge in [0.1, 0.15) is 5.82 Å². The number of thiophene rings is 1. The van der Waals surface area contributed by atoms with Crippen LogP contribution in [0, 0.1) is 5.92 Å². The fourth-order valence-electron chi connectivity index (χ4n) is 5.33. The number of aromatic nitrogens is 2. The Bertz CT molecular complexity index is 1460. The molecule has 0 spiro atoms. The number of imidazole rings is 1. The maximum Gasteiger partial charge on any atom is 0.142 e. The van der Waals surface area contributed by atoms with E-state index < -0.39 is 0 Å². The lowest BCUT2D eigenvalue weighted by atomic mass is 9.88. The molecular weight excluding hydrogens is 444 g/mol. The van der Waals surface area contributed by atoms with Crippen LogP contribution in [0.15, 0.2) is 66.0 Å². The van der Waals surface area contributed by atoms with E-state index in [1.54, 1.807) is 0 Å². The van der Waals surface area contributed by atoms with Crippen molar-refractivity contribution in [3.05, 3.63) is 88.3 Å². The predicted octanol–water partition coefficient (Wildman–Crippen LogP) is 9.41. The molecule has 0 atom stereocenters. The van der Waals surface area contributed by atoms with Crippen molar-refractivity contribution in [1.82, 2.24) is 9.55 Å². The van der Waals surface area contributed by atoms with Gasteiger partial charge in [-0.15, -0.1) is 11.3 Å². The lowest BCUT2D eigenvalue weighted by Gasteiger charge is -2.21. The van der Waals surface area contributed by atoms with Crippen molar-refractivity contribution in [3.8, 4) is 11.4 Å². The number of hydrogen-bond donors (Lipinski definition) is 0. The number of benzene rings is 3. The Morgan fingerprint density at radius 1 is 0.829 bits per heavy atom. The van der Waals surface area contributed by atoms with Gasteiger partial charge in [-0.3, -0.25) is 0 Å². The van der Waals surface area contributed by atoms with E-state index in [0.717, 1.165) is 24.3 Å². The lowest BCUT2D eigenvalue weighted by Crippen LogP contribution is -2.10. The van der Waals surface area contributed by atoms with Gasteiger partial charge in [-0.2, -0.15) is 0 Å². The SMILES string of the molecule is CC(C)Cc1ccc2scc(-c3nc4ccccc4n3Cc3c(C(C)C)cccc3C(C)C)c2c1. The molecule has 2 heterocycles. The average molecular weight is 481 g/mol. The Morgan fingerprint density at radius 3 is 2.23 bits per heavy atom. The molecule has 5 rings (SSSR count). The zero-order valence-corrected chi connectivity index (χ0v) is 22.6. The van der Waals surface area contributed by atoms with Gasteiger partial charge in [0.05, 0.1) is 17.6 Å². The van der Waals surface area contributed by atoms with Crippen LogP contribution >= 0.6 is 11.3 Å². The third-order valence-corrected chi connectivity index (χ3v) is 7.95. The van der Waals surface area contributed by atoms with E-state index in [0.29, 0.717) is 17.8 Å². The summed E-state index contributed by atoms with van der Waals surface area (Å²) in [6, 6.07) is 22.4. The molecule has 0 aliphatic carbocycles. The fraction of sp³-hybridized carbons (Fsp3) is 0.344. The third-order valence-electron chi connectivity index (χ3n) is 6.99. The number of nitrogens with zero attached hydrogens (tertiary/aromatic N) is 2. The molecule has 0 amide bonds. The minimum atomic E-state index is 0.475. The lowest BCUT2D eigenvalue weighted by molar-refractivity contribution is 0.648. The molecule has 0 radical (unpaired) electrons. The van der Waals surface area contributed by atoms with Gasteiger partial charge < -0.3 is 4.57 Å². The Hall–Kier alpha value is -2.91. The Morgan fingerprint density at radius 2 is 1.54 bits per heavy atom. The topological polar surface area (TPSA) is 17.8 Å². The van der Waals surface area contributed by atoms with Crippen molar-refractivity contribution < 1.29 is 0 Å². The summed E-state index contributed by atoms with van der Waals surface area (Å²) in [7, 11) is 0. The van der Waals surface area contributed by atoms with Crippen LogP contribution in [-0.4, -0.2) is 9.55 Å². The van der Waals surface area contributed by atoms with Crippen LogP contribution in [0.5, 0.6) is 0 Å². The van der Waals surface area contributed by atoms with E-state index in [2.05, 4.69) is 112 Å². The van der Waals surface area contributed by atoms with Gasteiger partial charge in [0.15, 0.2) is 0 Å². The van der Waals surface area contributed by atoms with Crippen molar-refractivity contribution in [2.45, 2.75) is 66.3 Å². The van der Waals surface area contributed by atoms with Gasteiger partial charge in [0.25, 0.3) is 0 Å². The zero-order valence-electron chi connectivity index (χ0n) is 21.8. The van der Waals surface area contributed by atoms with Gasteiger partial charge >= 0.3 is 0 Å². The Labute approximate surface area is 213 Å². The summed E-state index contributed by atoms with van der Waals surface area (Å²) in [6.45, 7) is 14.6. The van der Waals surface area contributed by atoms with Crippen LogP contribution < -0.4 is 0 Å². The number of para-hydroxylation sites is 2. The van der Waals surface area contributed by atoms with Crippen LogP contribution in [0.4, 0.5) is 0 Å². The first-order valence-corrected chi connectivity index (χ1v) is 13.8. The molecule has 0 saturated heterocycles. The van der Waals surface area contributed by atoms with Gasteiger partial charge in [-0.05, 0) is 70.7 Å². The highest BCUT2D eigenvalue weighted by Crippen LogP contribution is 2.37. The molecule has 0 unspecified atom stereocenters. The van der Waals surface area contributed by atoms with Crippen LogP contribution in [-0.2, 0) is 13.0 Å². The quantitative estimate of drug-likeness (QED) is 0.227. The van der Waals surface area contributed by atoms with Gasteiger partial charge in [0, 0.05) is 21.0 Å². The monoisotopic (exact) mass is 480 g/mol. The molecule has 35 heavy (non-hydrogen) atoms. The van der Waals surface area contributed by atoms with Gasteiger partial charge in [0.2, 0.25) is 0 Å². The first-order valence-electron chi connectivity index (χ1n) is 12.9. The third kappa shape index (κ3) is 4.54. The summed E-state index contributed by atoms with van der Waals surface area (Å²) >= 11 is 1.82. The highest BCUT2D eigenvalue weighted by molar-refractivity contribution is 7.17. The second-order valence-electron chi connectivity index (χ2n) is 10.8. The summed E-state index contributed by atoms with van der Waals surface area (Å²) in [5, 5.41) is 3.63. The van der Waals surface area contributed by atoms with Crippen molar-refractivity contribution >= 4 is 32.5 Å². The Balaban J connectivity index is 1.73. The summed E-state index contributed by atoms with van der Waals surface area (Å²) in [4.78, 5) is 5.21. The van der Waals surface area contributed by atoms with Crippen LogP contribution in [0.1, 0.15) is 75.6 Å². The molecule has 180 valence electrons. The standard InChI is InChI=1S/C32H36N2S/c1-20(2)16-23-14-15-31-26(17-23)28(19-35-31)32-33-29-12-7-8-13-30(29)34(32)18-27-24(21(3)4)10-9-11-25(27)22(5)6/h7-15,17,19-22H,16,18H2,1-6H3. The molecular formula is C32H36N2S. The molecule has 0 N–H and O–H groups in total. The molecule has 2 aromatic heterocycles. The molecule has 0 fully saturated rings. The average Bonchev–Trinajstić information content (AvgIpc) is 3.39. The molecule has 0 aliphatic rings. The Kier molecular flexibility index (Phi) is 6.55. The van der Waals surface area contributed by atoms with Crippen molar-refractivity contribution in [2.24, 2.45) is 5.92 Å². The maximum atomic E-state index is 5.21. The molecule has 2 nitrogen and oxygen atoms in total.